The molecule has 1 saturated heterocycles. The molecule has 2 heterocycles. The molecule has 1 fully saturated rings. The molecule has 4 aromatic rings. The first-order valence-electron chi connectivity index (χ1n) is 11.0. The summed E-state index contributed by atoms with van der Waals surface area (Å²) in [6.07, 6.45) is -1.75. The zero-order chi connectivity index (χ0) is 24.2. The molecule has 178 valence electrons. The van der Waals surface area contributed by atoms with Gasteiger partial charge in [-0.25, -0.2) is 21.2 Å². The highest BCUT2D eigenvalue weighted by Gasteiger charge is 2.28. The Morgan fingerprint density at radius 3 is 2.29 bits per heavy atom. The summed E-state index contributed by atoms with van der Waals surface area (Å²) >= 11 is 3.31. The van der Waals surface area contributed by atoms with Crippen LogP contribution in [0.2, 0.25) is 0 Å². The van der Waals surface area contributed by atoms with Crippen molar-refractivity contribution in [3.05, 3.63) is 70.3 Å². The molecule has 0 N–H and O–H groups in total. The highest BCUT2D eigenvalue weighted by Crippen LogP contribution is 2.38. The molecule has 34 heavy (non-hydrogen) atoms. The largest absolute Gasteiger partial charge is 0.369 e. The van der Waals surface area contributed by atoms with Gasteiger partial charge in [-0.2, -0.15) is 0 Å². The standard InChI is InChI=1S/C25H24BrF2N3O2S/c1-16-18-5-3-4-6-19(18)24(14-23(16)30-11-9-29(2)10-12-30)34(32,33)31-15-21(25(27)28)20-13-17(26)7-8-22(20)31/h3-8,13-15,25H,9-12H2,1-2H3. The van der Waals surface area contributed by atoms with Crippen molar-refractivity contribution >= 4 is 53.3 Å². The minimum Gasteiger partial charge on any atom is -0.369 e. The van der Waals surface area contributed by atoms with Gasteiger partial charge in [0.1, 0.15) is 0 Å². The number of fused-ring (bicyclic) bond motifs is 2. The van der Waals surface area contributed by atoms with Crippen molar-refractivity contribution in [1.82, 2.24) is 8.87 Å². The van der Waals surface area contributed by atoms with Crippen LogP contribution in [0.3, 0.4) is 0 Å². The molecule has 3 aromatic carbocycles. The quantitative estimate of drug-likeness (QED) is 0.324. The first-order chi connectivity index (χ1) is 16.2. The first kappa shape index (κ1) is 23.3. The molecule has 0 aliphatic carbocycles. The van der Waals surface area contributed by atoms with Crippen LogP contribution in [-0.4, -0.2) is 50.5 Å². The third-order valence-electron chi connectivity index (χ3n) is 6.63. The van der Waals surface area contributed by atoms with Crippen LogP contribution in [0.4, 0.5) is 14.5 Å². The van der Waals surface area contributed by atoms with Gasteiger partial charge in [0.05, 0.1) is 10.4 Å². The van der Waals surface area contributed by atoms with E-state index in [0.717, 1.165) is 53.0 Å². The molecule has 0 atom stereocenters. The molecule has 0 amide bonds. The van der Waals surface area contributed by atoms with Crippen LogP contribution in [0, 0.1) is 6.92 Å². The van der Waals surface area contributed by atoms with Crippen LogP contribution < -0.4 is 4.90 Å². The van der Waals surface area contributed by atoms with Gasteiger partial charge >= 0.3 is 0 Å². The zero-order valence-corrected chi connectivity index (χ0v) is 21.2. The number of benzene rings is 3. The fourth-order valence-electron chi connectivity index (χ4n) is 4.74. The molecule has 5 nitrogen and oxygen atoms in total. The Morgan fingerprint density at radius 1 is 0.941 bits per heavy atom. The topological polar surface area (TPSA) is 45.6 Å². The van der Waals surface area contributed by atoms with Crippen LogP contribution in [-0.2, 0) is 10.0 Å². The van der Waals surface area contributed by atoms with Gasteiger partial charge in [0, 0.05) is 58.9 Å². The van der Waals surface area contributed by atoms with Gasteiger partial charge < -0.3 is 9.80 Å². The second-order valence-electron chi connectivity index (χ2n) is 8.70. The predicted molar refractivity (Wildman–Crippen MR) is 136 cm³/mol. The van der Waals surface area contributed by atoms with Crippen molar-refractivity contribution in [3.63, 3.8) is 0 Å². The van der Waals surface area contributed by atoms with Gasteiger partial charge in [-0.1, -0.05) is 40.2 Å². The molecule has 0 saturated carbocycles. The molecule has 9 heteroatoms. The SMILES string of the molecule is Cc1c(N2CCN(C)CC2)cc(S(=O)(=O)n2cc(C(F)F)c3cc(Br)ccc32)c2ccccc12. The van der Waals surface area contributed by atoms with Crippen molar-refractivity contribution in [2.75, 3.05) is 38.1 Å². The van der Waals surface area contributed by atoms with E-state index in [1.807, 2.05) is 19.1 Å². The molecular weight excluding hydrogens is 524 g/mol. The van der Waals surface area contributed by atoms with Gasteiger partial charge in [0.2, 0.25) is 0 Å². The third kappa shape index (κ3) is 3.79. The van der Waals surface area contributed by atoms with Crippen LogP contribution in [0.25, 0.3) is 21.7 Å². The van der Waals surface area contributed by atoms with E-state index < -0.39 is 16.4 Å². The summed E-state index contributed by atoms with van der Waals surface area (Å²) in [6, 6.07) is 13.8. The van der Waals surface area contributed by atoms with Crippen LogP contribution >= 0.6 is 15.9 Å². The maximum Gasteiger partial charge on any atom is 0.268 e. The Labute approximate surface area is 205 Å². The van der Waals surface area contributed by atoms with Gasteiger partial charge in [-0.3, -0.25) is 0 Å². The molecule has 5 rings (SSSR count). The Kier molecular flexibility index (Phi) is 5.90. The lowest BCUT2D eigenvalue weighted by molar-refractivity contribution is 0.153. The average molecular weight is 548 g/mol. The Bertz CT molecular complexity index is 1510. The van der Waals surface area contributed by atoms with E-state index in [4.69, 9.17) is 0 Å². The van der Waals surface area contributed by atoms with E-state index in [1.54, 1.807) is 30.3 Å². The smallest absolute Gasteiger partial charge is 0.268 e. The van der Waals surface area contributed by atoms with Crippen LogP contribution in [0.15, 0.2) is 64.1 Å². The number of rotatable bonds is 4. The number of hydrogen-bond acceptors (Lipinski definition) is 4. The molecule has 0 unspecified atom stereocenters. The molecule has 1 aliphatic rings. The lowest BCUT2D eigenvalue weighted by Gasteiger charge is -2.35. The summed E-state index contributed by atoms with van der Waals surface area (Å²) in [6.45, 7) is 5.33. The number of nitrogens with zero attached hydrogens (tertiary/aromatic N) is 3. The fourth-order valence-corrected chi connectivity index (χ4v) is 6.70. The second-order valence-corrected chi connectivity index (χ2v) is 11.4. The summed E-state index contributed by atoms with van der Waals surface area (Å²) in [5.74, 6) is 0. The van der Waals surface area contributed by atoms with Crippen LogP contribution in [0.1, 0.15) is 17.6 Å². The third-order valence-corrected chi connectivity index (χ3v) is 8.83. The Balaban J connectivity index is 1.77. The van der Waals surface area contributed by atoms with Gasteiger partial charge in [0.15, 0.2) is 0 Å². The highest BCUT2D eigenvalue weighted by atomic mass is 79.9. The average Bonchev–Trinajstić information content (AvgIpc) is 3.20. The van der Waals surface area contributed by atoms with Crippen molar-refractivity contribution < 1.29 is 17.2 Å². The number of hydrogen-bond donors (Lipinski definition) is 0. The monoisotopic (exact) mass is 547 g/mol. The number of aryl methyl sites for hydroxylation is 1. The molecule has 1 aliphatic heterocycles. The molecule has 0 radical (unpaired) electrons. The predicted octanol–water partition coefficient (Wildman–Crippen LogP) is 5.79. The Hall–Kier alpha value is -2.49. The van der Waals surface area contributed by atoms with Gasteiger partial charge in [-0.15, -0.1) is 0 Å². The van der Waals surface area contributed by atoms with Crippen molar-refractivity contribution in [1.29, 1.82) is 0 Å². The van der Waals surface area contributed by atoms with E-state index >= 15 is 0 Å². The number of aromatic nitrogens is 1. The number of likely N-dealkylation sites (N-methyl/N-ethyl adjacent to an activating group) is 1. The number of piperazine rings is 1. The maximum absolute atomic E-state index is 14.1. The minimum atomic E-state index is -4.18. The van der Waals surface area contributed by atoms with Crippen molar-refractivity contribution in [2.24, 2.45) is 0 Å². The van der Waals surface area contributed by atoms with E-state index in [1.165, 1.54) is 6.07 Å². The Morgan fingerprint density at radius 2 is 1.62 bits per heavy atom. The molecule has 0 bridgehead atoms. The second kappa shape index (κ2) is 8.62. The van der Waals surface area contributed by atoms with E-state index in [9.17, 15) is 17.2 Å². The fraction of sp³-hybridized carbons (Fsp3) is 0.280. The van der Waals surface area contributed by atoms with Crippen molar-refractivity contribution in [2.45, 2.75) is 18.2 Å². The van der Waals surface area contributed by atoms with E-state index in [0.29, 0.717) is 9.86 Å². The van der Waals surface area contributed by atoms with Gasteiger partial charge in [0.25, 0.3) is 16.4 Å². The lowest BCUT2D eigenvalue weighted by Crippen LogP contribution is -2.44. The van der Waals surface area contributed by atoms with E-state index in [-0.39, 0.29) is 21.4 Å². The maximum atomic E-state index is 14.1. The van der Waals surface area contributed by atoms with Gasteiger partial charge in [-0.05, 0) is 49.2 Å². The first-order valence-corrected chi connectivity index (χ1v) is 13.2. The molecular formula is C25H24BrF2N3O2S. The summed E-state index contributed by atoms with van der Waals surface area (Å²) < 4.78 is 57.4. The molecule has 0 spiro atoms. The normalized spacial score (nSPS) is 15.6. The van der Waals surface area contributed by atoms with Crippen LogP contribution in [0.5, 0.6) is 0 Å². The summed E-state index contributed by atoms with van der Waals surface area (Å²) in [7, 11) is -2.11. The highest BCUT2D eigenvalue weighted by molar-refractivity contribution is 9.10. The van der Waals surface area contributed by atoms with E-state index in [2.05, 4.69) is 32.8 Å². The summed E-state index contributed by atoms with van der Waals surface area (Å²) in [5, 5.41) is 1.63. The minimum absolute atomic E-state index is 0.114. The zero-order valence-electron chi connectivity index (χ0n) is 18.8. The summed E-state index contributed by atoms with van der Waals surface area (Å²) in [4.78, 5) is 4.56. The summed E-state index contributed by atoms with van der Waals surface area (Å²) in [5.41, 5.74) is 1.78. The molecule has 1 aromatic heterocycles. The lowest BCUT2D eigenvalue weighted by atomic mass is 10.0. The number of alkyl halides is 2. The number of halogens is 3. The number of anilines is 1. The van der Waals surface area contributed by atoms with Crippen molar-refractivity contribution in [3.8, 4) is 0 Å².